The van der Waals surface area contributed by atoms with Gasteiger partial charge in [0.1, 0.15) is 5.76 Å². The first-order chi connectivity index (χ1) is 9.23. The van der Waals surface area contributed by atoms with Gasteiger partial charge in [-0.05, 0) is 18.9 Å². The highest BCUT2D eigenvalue weighted by Crippen LogP contribution is 2.34. The molecule has 0 saturated heterocycles. The Hall–Kier alpha value is -1.62. The average Bonchev–Trinajstić information content (AvgIpc) is 3.08. The molecule has 1 aliphatic carbocycles. The van der Waals surface area contributed by atoms with Crippen LogP contribution in [-0.2, 0) is 12.0 Å². The smallest absolute Gasteiger partial charge is 0.261 e. The molecule has 19 heavy (non-hydrogen) atoms. The van der Waals surface area contributed by atoms with Crippen LogP contribution < -0.4 is 5.73 Å². The second kappa shape index (κ2) is 4.81. The van der Waals surface area contributed by atoms with Crippen molar-refractivity contribution in [3.63, 3.8) is 0 Å². The van der Waals surface area contributed by atoms with Gasteiger partial charge in [-0.2, -0.15) is 4.98 Å². The zero-order valence-electron chi connectivity index (χ0n) is 11.2. The Balaban J connectivity index is 1.91. The molecule has 0 amide bonds. The number of hydrogen-bond donors (Lipinski definition) is 1. The first-order valence-electron chi connectivity index (χ1n) is 6.93. The van der Waals surface area contributed by atoms with Gasteiger partial charge in [-0.1, -0.05) is 31.3 Å². The molecule has 0 bridgehead atoms. The normalized spacial score (nSPS) is 18.6. The van der Waals surface area contributed by atoms with Crippen molar-refractivity contribution in [2.24, 2.45) is 5.73 Å². The summed E-state index contributed by atoms with van der Waals surface area (Å²) in [7, 11) is 0. The van der Waals surface area contributed by atoms with Gasteiger partial charge >= 0.3 is 0 Å². The molecular formula is C14H19N3O2. The minimum atomic E-state index is -0.421. The molecule has 1 fully saturated rings. The highest BCUT2D eigenvalue weighted by molar-refractivity contribution is 5.55. The predicted octanol–water partition coefficient (Wildman–Crippen LogP) is 3.01. The second-order valence-corrected chi connectivity index (χ2v) is 5.25. The number of aryl methyl sites for hydroxylation is 1. The summed E-state index contributed by atoms with van der Waals surface area (Å²) < 4.78 is 10.8. The molecule has 5 heteroatoms. The van der Waals surface area contributed by atoms with Crippen LogP contribution in [-0.4, -0.2) is 10.1 Å². The average molecular weight is 261 g/mol. The second-order valence-electron chi connectivity index (χ2n) is 5.25. The molecule has 0 atom stereocenters. The van der Waals surface area contributed by atoms with E-state index in [0.717, 1.165) is 43.4 Å². The molecule has 5 nitrogen and oxygen atoms in total. The summed E-state index contributed by atoms with van der Waals surface area (Å²) in [6.45, 7) is 2.03. The zero-order valence-corrected chi connectivity index (χ0v) is 11.2. The fraction of sp³-hybridized carbons (Fsp3) is 0.571. The summed E-state index contributed by atoms with van der Waals surface area (Å²) in [5, 5.41) is 4.09. The number of rotatable bonds is 3. The molecule has 3 rings (SSSR count). The van der Waals surface area contributed by atoms with Crippen LogP contribution >= 0.6 is 0 Å². The molecule has 2 aromatic rings. The molecule has 0 radical (unpaired) electrons. The molecule has 0 aliphatic heterocycles. The van der Waals surface area contributed by atoms with Gasteiger partial charge in [0.2, 0.25) is 0 Å². The van der Waals surface area contributed by atoms with Crippen LogP contribution in [0, 0.1) is 0 Å². The maximum Gasteiger partial charge on any atom is 0.261 e. The van der Waals surface area contributed by atoms with Crippen molar-refractivity contribution in [1.82, 2.24) is 10.1 Å². The summed E-state index contributed by atoms with van der Waals surface area (Å²) >= 11 is 0. The first kappa shape index (κ1) is 12.4. The summed E-state index contributed by atoms with van der Waals surface area (Å²) in [5.41, 5.74) is 6.86. The van der Waals surface area contributed by atoms with Crippen molar-refractivity contribution >= 4 is 0 Å². The molecule has 0 unspecified atom stereocenters. The SMILES string of the molecule is CCc1occc1-c1nc(C2(N)CCCCC2)no1. The largest absolute Gasteiger partial charge is 0.469 e. The van der Waals surface area contributed by atoms with Gasteiger partial charge < -0.3 is 14.7 Å². The molecule has 2 N–H and O–H groups in total. The topological polar surface area (TPSA) is 78.1 Å². The molecule has 2 aromatic heterocycles. The number of nitrogens with zero attached hydrogens (tertiary/aromatic N) is 2. The maximum atomic E-state index is 6.41. The lowest BCUT2D eigenvalue weighted by Gasteiger charge is -2.29. The number of aromatic nitrogens is 2. The summed E-state index contributed by atoms with van der Waals surface area (Å²) in [5.74, 6) is 2.01. The standard InChI is InChI=1S/C14H19N3O2/c1-2-11-10(6-9-18-11)12-16-13(17-19-12)14(15)7-4-3-5-8-14/h6,9H,2-5,7-8,15H2,1H3. The summed E-state index contributed by atoms with van der Waals surface area (Å²) in [6, 6.07) is 1.86. The van der Waals surface area contributed by atoms with E-state index in [1.165, 1.54) is 6.42 Å². The third-order valence-corrected chi connectivity index (χ3v) is 3.91. The Labute approximate surface area is 112 Å². The van der Waals surface area contributed by atoms with Gasteiger partial charge in [-0.15, -0.1) is 0 Å². The molecular weight excluding hydrogens is 242 g/mol. The molecule has 0 spiro atoms. The van der Waals surface area contributed by atoms with E-state index in [4.69, 9.17) is 14.7 Å². The molecule has 1 saturated carbocycles. The zero-order chi connectivity index (χ0) is 13.3. The lowest BCUT2D eigenvalue weighted by molar-refractivity contribution is 0.275. The predicted molar refractivity (Wildman–Crippen MR) is 70.3 cm³/mol. The summed E-state index contributed by atoms with van der Waals surface area (Å²) in [6.07, 6.45) is 7.81. The van der Waals surface area contributed by atoms with E-state index in [0.29, 0.717) is 11.7 Å². The van der Waals surface area contributed by atoms with Crippen LogP contribution in [0.1, 0.15) is 50.6 Å². The Bertz CT molecular complexity index is 553. The van der Waals surface area contributed by atoms with Crippen LogP contribution in [0.15, 0.2) is 21.3 Å². The Morgan fingerprint density at radius 2 is 2.11 bits per heavy atom. The van der Waals surface area contributed by atoms with Gasteiger partial charge in [0.05, 0.1) is 17.4 Å². The quantitative estimate of drug-likeness (QED) is 0.918. The fourth-order valence-electron chi connectivity index (χ4n) is 2.75. The van der Waals surface area contributed by atoms with Crippen LogP contribution in [0.3, 0.4) is 0 Å². The number of hydrogen-bond acceptors (Lipinski definition) is 5. The van der Waals surface area contributed by atoms with Gasteiger partial charge in [0, 0.05) is 6.42 Å². The van der Waals surface area contributed by atoms with E-state index in [-0.39, 0.29) is 0 Å². The minimum absolute atomic E-state index is 0.421. The molecule has 0 aromatic carbocycles. The van der Waals surface area contributed by atoms with E-state index in [1.807, 2.05) is 13.0 Å². The van der Waals surface area contributed by atoms with E-state index < -0.39 is 5.54 Å². The van der Waals surface area contributed by atoms with Crippen molar-refractivity contribution in [2.75, 3.05) is 0 Å². The highest BCUT2D eigenvalue weighted by atomic mass is 16.5. The third-order valence-electron chi connectivity index (χ3n) is 3.91. The van der Waals surface area contributed by atoms with Crippen molar-refractivity contribution in [3.8, 4) is 11.5 Å². The lowest BCUT2D eigenvalue weighted by Crippen LogP contribution is -2.39. The van der Waals surface area contributed by atoms with E-state index in [9.17, 15) is 0 Å². The number of furan rings is 1. The van der Waals surface area contributed by atoms with Crippen molar-refractivity contribution < 1.29 is 8.94 Å². The molecule has 102 valence electrons. The van der Waals surface area contributed by atoms with Crippen LogP contribution in [0.25, 0.3) is 11.5 Å². The van der Waals surface area contributed by atoms with E-state index in [1.54, 1.807) is 6.26 Å². The minimum Gasteiger partial charge on any atom is -0.469 e. The van der Waals surface area contributed by atoms with E-state index >= 15 is 0 Å². The van der Waals surface area contributed by atoms with Crippen molar-refractivity contribution in [1.29, 1.82) is 0 Å². The van der Waals surface area contributed by atoms with Crippen molar-refractivity contribution in [3.05, 3.63) is 23.9 Å². The van der Waals surface area contributed by atoms with Gasteiger partial charge in [-0.25, -0.2) is 0 Å². The van der Waals surface area contributed by atoms with Gasteiger partial charge in [-0.3, -0.25) is 0 Å². The van der Waals surface area contributed by atoms with Crippen molar-refractivity contribution in [2.45, 2.75) is 51.0 Å². The number of nitrogens with two attached hydrogens (primary N) is 1. The van der Waals surface area contributed by atoms with Gasteiger partial charge in [0.15, 0.2) is 5.82 Å². The van der Waals surface area contributed by atoms with Crippen LogP contribution in [0.5, 0.6) is 0 Å². The third kappa shape index (κ3) is 2.18. The molecule has 2 heterocycles. The monoisotopic (exact) mass is 261 g/mol. The maximum absolute atomic E-state index is 6.41. The molecule has 1 aliphatic rings. The van der Waals surface area contributed by atoms with Crippen LogP contribution in [0.2, 0.25) is 0 Å². The lowest BCUT2D eigenvalue weighted by atomic mass is 9.82. The fourth-order valence-corrected chi connectivity index (χ4v) is 2.75. The first-order valence-corrected chi connectivity index (χ1v) is 6.93. The Morgan fingerprint density at radius 1 is 1.32 bits per heavy atom. The Morgan fingerprint density at radius 3 is 2.84 bits per heavy atom. The Kier molecular flexibility index (Phi) is 3.14. The van der Waals surface area contributed by atoms with Gasteiger partial charge in [0.25, 0.3) is 5.89 Å². The van der Waals surface area contributed by atoms with Crippen LogP contribution in [0.4, 0.5) is 0 Å². The highest BCUT2D eigenvalue weighted by Gasteiger charge is 2.34. The summed E-state index contributed by atoms with van der Waals surface area (Å²) in [4.78, 5) is 4.49. The van der Waals surface area contributed by atoms with E-state index in [2.05, 4.69) is 10.1 Å².